The van der Waals surface area contributed by atoms with Crippen molar-refractivity contribution in [2.75, 3.05) is 19.8 Å². The Morgan fingerprint density at radius 3 is 2.32 bits per heavy atom. The second-order valence-corrected chi connectivity index (χ2v) is 7.39. The molecule has 4 atom stereocenters. The van der Waals surface area contributed by atoms with Gasteiger partial charge < -0.3 is 14.2 Å². The molecule has 0 saturated heterocycles. The maximum atomic E-state index is 12.9. The molecule has 0 heterocycles. The third-order valence-electron chi connectivity index (χ3n) is 4.57. The smallest absolute Gasteiger partial charge is 0.357 e. The number of aliphatic hydroxyl groups is 1. The number of allylic oxidation sites excluding steroid dienone is 3. The standard InChI is InChI=1S/C14H21O4P/c1-3-17-19(16,18-4-2)14-11(8-15)12-9-5-6-10(7-9)13(12)14/h5-6,9-10,12-13,15H,3-4,7-8H2,1-2H3/t9-,10+,12-,13-/m1/s1. The van der Waals surface area contributed by atoms with E-state index >= 15 is 0 Å². The Kier molecular flexibility index (Phi) is 3.46. The minimum atomic E-state index is -3.21. The lowest BCUT2D eigenvalue weighted by molar-refractivity contribution is 0.203. The average Bonchev–Trinajstić information content (AvgIpc) is 2.87. The molecule has 1 N–H and O–H groups in total. The summed E-state index contributed by atoms with van der Waals surface area (Å²) in [6, 6.07) is 0. The van der Waals surface area contributed by atoms with Crippen LogP contribution >= 0.6 is 7.60 Å². The molecule has 3 aliphatic rings. The Bertz CT molecular complexity index is 472. The van der Waals surface area contributed by atoms with Crippen LogP contribution in [0.2, 0.25) is 0 Å². The van der Waals surface area contributed by atoms with Gasteiger partial charge in [0.15, 0.2) is 0 Å². The molecule has 0 aromatic rings. The second kappa shape index (κ2) is 4.85. The zero-order chi connectivity index (χ0) is 13.6. The summed E-state index contributed by atoms with van der Waals surface area (Å²) in [6.45, 7) is 4.34. The highest BCUT2D eigenvalue weighted by atomic mass is 31.2. The van der Waals surface area contributed by atoms with E-state index in [4.69, 9.17) is 9.05 Å². The summed E-state index contributed by atoms with van der Waals surface area (Å²) < 4.78 is 23.9. The number of rotatable bonds is 6. The summed E-state index contributed by atoms with van der Waals surface area (Å²) in [6.07, 6.45) is 5.58. The van der Waals surface area contributed by atoms with Gasteiger partial charge in [-0.05, 0) is 43.6 Å². The van der Waals surface area contributed by atoms with Crippen LogP contribution in [0, 0.1) is 23.7 Å². The van der Waals surface area contributed by atoms with E-state index in [-0.39, 0.29) is 12.5 Å². The molecule has 0 aromatic heterocycles. The largest absolute Gasteiger partial charge is 0.392 e. The van der Waals surface area contributed by atoms with Crippen molar-refractivity contribution in [3.63, 3.8) is 0 Å². The maximum Gasteiger partial charge on any atom is 0.357 e. The first kappa shape index (κ1) is 13.6. The SMILES string of the molecule is CCOP(=O)(OCC)C1=C(CO)[C@@H]2[C@H]1[C@H]1C=C[C@@H]2C1. The fraction of sp³-hybridized carbons (Fsp3) is 0.714. The summed E-state index contributed by atoms with van der Waals surface area (Å²) in [5, 5.41) is 10.4. The van der Waals surface area contributed by atoms with Crippen LogP contribution in [-0.2, 0) is 13.6 Å². The average molecular weight is 284 g/mol. The molecule has 0 spiro atoms. The first-order valence-corrected chi connectivity index (χ1v) is 8.62. The molecule has 4 nitrogen and oxygen atoms in total. The topological polar surface area (TPSA) is 55.8 Å². The van der Waals surface area contributed by atoms with E-state index < -0.39 is 7.60 Å². The van der Waals surface area contributed by atoms with Gasteiger partial charge in [0.05, 0.1) is 19.8 Å². The zero-order valence-corrected chi connectivity index (χ0v) is 12.3. The van der Waals surface area contributed by atoms with E-state index in [2.05, 4.69) is 12.2 Å². The van der Waals surface area contributed by atoms with Gasteiger partial charge in [-0.1, -0.05) is 12.2 Å². The lowest BCUT2D eigenvalue weighted by Crippen LogP contribution is -2.36. The minimum absolute atomic E-state index is 0.0301. The molecular weight excluding hydrogens is 263 g/mol. The first-order chi connectivity index (χ1) is 9.16. The summed E-state index contributed by atoms with van der Waals surface area (Å²) in [5.74, 6) is 1.59. The normalized spacial score (nSPS) is 35.7. The molecule has 3 rings (SSSR count). The van der Waals surface area contributed by atoms with Gasteiger partial charge in [-0.3, -0.25) is 4.57 Å². The molecule has 0 aromatic carbocycles. The van der Waals surface area contributed by atoms with Gasteiger partial charge in [0.2, 0.25) is 0 Å². The molecule has 2 bridgehead atoms. The van der Waals surface area contributed by atoms with E-state index in [9.17, 15) is 9.67 Å². The predicted molar refractivity (Wildman–Crippen MR) is 72.7 cm³/mol. The van der Waals surface area contributed by atoms with Crippen LogP contribution in [0.4, 0.5) is 0 Å². The monoisotopic (exact) mass is 284 g/mol. The summed E-state index contributed by atoms with van der Waals surface area (Å²) in [4.78, 5) is 0. The van der Waals surface area contributed by atoms with Crippen molar-refractivity contribution in [3.8, 4) is 0 Å². The van der Waals surface area contributed by atoms with Crippen molar-refractivity contribution in [2.24, 2.45) is 23.7 Å². The van der Waals surface area contributed by atoms with Crippen LogP contribution in [0.1, 0.15) is 20.3 Å². The Labute approximate surface area is 114 Å². The number of fused-ring (bicyclic) bond motifs is 5. The van der Waals surface area contributed by atoms with E-state index in [1.165, 1.54) is 0 Å². The molecule has 19 heavy (non-hydrogen) atoms. The fourth-order valence-corrected chi connectivity index (χ4v) is 6.34. The number of hydrogen-bond acceptors (Lipinski definition) is 4. The van der Waals surface area contributed by atoms with Crippen LogP contribution in [0.25, 0.3) is 0 Å². The zero-order valence-electron chi connectivity index (χ0n) is 11.4. The van der Waals surface area contributed by atoms with Gasteiger partial charge in [0.25, 0.3) is 0 Å². The summed E-state index contributed by atoms with van der Waals surface area (Å²) in [7, 11) is -3.21. The van der Waals surface area contributed by atoms with Gasteiger partial charge in [-0.25, -0.2) is 0 Å². The van der Waals surface area contributed by atoms with Crippen molar-refractivity contribution in [2.45, 2.75) is 20.3 Å². The molecule has 3 aliphatic carbocycles. The Morgan fingerprint density at radius 2 is 1.79 bits per heavy atom. The fourth-order valence-electron chi connectivity index (χ4n) is 4.02. The Morgan fingerprint density at radius 1 is 1.21 bits per heavy atom. The summed E-state index contributed by atoms with van der Waals surface area (Å²) >= 11 is 0. The Hall–Kier alpha value is -0.410. The molecule has 0 radical (unpaired) electrons. The molecule has 0 amide bonds. The lowest BCUT2D eigenvalue weighted by atomic mass is 9.69. The van der Waals surface area contributed by atoms with E-state index in [1.54, 1.807) is 0 Å². The molecule has 0 aliphatic heterocycles. The molecule has 5 heteroatoms. The molecule has 1 fully saturated rings. The van der Waals surface area contributed by atoms with E-state index in [1.807, 2.05) is 13.8 Å². The van der Waals surface area contributed by atoms with Gasteiger partial charge in [0, 0.05) is 11.2 Å². The third kappa shape index (κ3) is 1.81. The van der Waals surface area contributed by atoms with Crippen LogP contribution in [0.3, 0.4) is 0 Å². The van der Waals surface area contributed by atoms with Crippen LogP contribution in [-0.4, -0.2) is 24.9 Å². The highest BCUT2D eigenvalue weighted by Gasteiger charge is 2.59. The molecule has 0 unspecified atom stereocenters. The summed E-state index contributed by atoms with van der Waals surface area (Å²) in [5.41, 5.74) is 0.909. The van der Waals surface area contributed by atoms with Gasteiger partial charge in [-0.2, -0.15) is 0 Å². The van der Waals surface area contributed by atoms with Crippen molar-refractivity contribution in [1.29, 1.82) is 0 Å². The van der Waals surface area contributed by atoms with Crippen LogP contribution < -0.4 is 0 Å². The maximum absolute atomic E-state index is 12.9. The van der Waals surface area contributed by atoms with Crippen molar-refractivity contribution < 1.29 is 18.7 Å². The molecule has 1 saturated carbocycles. The first-order valence-electron chi connectivity index (χ1n) is 7.08. The van der Waals surface area contributed by atoms with Gasteiger partial charge in [0.1, 0.15) is 0 Å². The van der Waals surface area contributed by atoms with Crippen molar-refractivity contribution in [3.05, 3.63) is 23.0 Å². The lowest BCUT2D eigenvalue weighted by Gasteiger charge is -2.44. The van der Waals surface area contributed by atoms with Crippen molar-refractivity contribution in [1.82, 2.24) is 0 Å². The minimum Gasteiger partial charge on any atom is -0.392 e. The highest BCUT2D eigenvalue weighted by Crippen LogP contribution is 2.73. The highest BCUT2D eigenvalue weighted by molar-refractivity contribution is 7.58. The van der Waals surface area contributed by atoms with Gasteiger partial charge in [-0.15, -0.1) is 0 Å². The third-order valence-corrected chi connectivity index (χ3v) is 6.94. The van der Waals surface area contributed by atoms with Crippen LogP contribution in [0.5, 0.6) is 0 Å². The number of hydrogen-bond donors (Lipinski definition) is 1. The predicted octanol–water partition coefficient (Wildman–Crippen LogP) is 2.95. The molecule has 106 valence electrons. The molecular formula is C14H21O4P. The van der Waals surface area contributed by atoms with E-state index in [0.717, 1.165) is 17.3 Å². The van der Waals surface area contributed by atoms with Gasteiger partial charge >= 0.3 is 7.60 Å². The number of aliphatic hydroxyl groups excluding tert-OH is 1. The van der Waals surface area contributed by atoms with Crippen molar-refractivity contribution >= 4 is 7.60 Å². The Balaban J connectivity index is 1.96. The second-order valence-electron chi connectivity index (χ2n) is 5.40. The quantitative estimate of drug-likeness (QED) is 0.602. The van der Waals surface area contributed by atoms with E-state index in [0.29, 0.717) is 31.0 Å². The van der Waals surface area contributed by atoms with Crippen LogP contribution in [0.15, 0.2) is 23.0 Å².